The first kappa shape index (κ1) is 45.5. The lowest BCUT2D eigenvalue weighted by atomic mass is 9.96. The number of carboxylic acids is 1. The van der Waals surface area contributed by atoms with E-state index in [-0.39, 0.29) is 62.3 Å². The van der Waals surface area contributed by atoms with Gasteiger partial charge in [0.05, 0.1) is 6.04 Å². The molecule has 0 bridgehead atoms. The largest absolute Gasteiger partial charge is 0.508 e. The number of phenolic OH excluding ortho intramolecular Hbond substituents is 1. The first-order chi connectivity index (χ1) is 26.0. The van der Waals surface area contributed by atoms with Crippen LogP contribution in [0.2, 0.25) is 0 Å². The number of guanidine groups is 2. The Kier molecular flexibility index (Phi) is 19.2. The summed E-state index contributed by atoms with van der Waals surface area (Å²) in [5.41, 5.74) is 22.2. The molecule has 2 rings (SSSR count). The molecule has 0 aliphatic carbocycles. The van der Waals surface area contributed by atoms with E-state index in [0.717, 1.165) is 6.42 Å². The van der Waals surface area contributed by atoms with Crippen LogP contribution in [0.1, 0.15) is 71.3 Å². The van der Waals surface area contributed by atoms with E-state index in [2.05, 4.69) is 41.9 Å². The highest BCUT2D eigenvalue weighted by atomic mass is 16.4. The topological polar surface area (TPSA) is 344 Å². The number of carboxylic acid groups (broad SMARTS) is 1. The zero-order valence-corrected chi connectivity index (χ0v) is 31.7. The Morgan fingerprint density at radius 3 is 1.84 bits per heavy atom. The van der Waals surface area contributed by atoms with Gasteiger partial charge in [-0.15, -0.1) is 0 Å². The van der Waals surface area contributed by atoms with Crippen LogP contribution in [0.15, 0.2) is 34.3 Å². The molecule has 16 N–H and O–H groups in total. The van der Waals surface area contributed by atoms with Gasteiger partial charge in [0, 0.05) is 19.5 Å². The number of aromatic hydroxyl groups is 1. The van der Waals surface area contributed by atoms with E-state index in [0.29, 0.717) is 31.4 Å². The number of nitrogens with two attached hydrogens (primary N) is 4. The lowest BCUT2D eigenvalue weighted by molar-refractivity contribution is -0.142. The second-order valence-electron chi connectivity index (χ2n) is 13.5. The number of hydrogen-bond acceptors (Lipinski definition) is 10. The van der Waals surface area contributed by atoms with Crippen molar-refractivity contribution in [3.63, 3.8) is 0 Å². The number of carbonyl (C=O) groups is 6. The van der Waals surface area contributed by atoms with Crippen LogP contribution in [0.4, 0.5) is 0 Å². The summed E-state index contributed by atoms with van der Waals surface area (Å²) in [6, 6.07) is -0.556. The van der Waals surface area contributed by atoms with Gasteiger partial charge in [0.25, 0.3) is 0 Å². The molecule has 55 heavy (non-hydrogen) atoms. The molecule has 7 unspecified atom stereocenters. The van der Waals surface area contributed by atoms with Gasteiger partial charge in [0.15, 0.2) is 11.9 Å². The van der Waals surface area contributed by atoms with Crippen LogP contribution in [0.3, 0.4) is 0 Å². The molecule has 1 aromatic carbocycles. The third-order valence-corrected chi connectivity index (χ3v) is 9.07. The Morgan fingerprint density at radius 1 is 0.782 bits per heavy atom. The predicted octanol–water partition coefficient (Wildman–Crippen LogP) is -2.63. The van der Waals surface area contributed by atoms with E-state index in [1.54, 1.807) is 13.8 Å². The van der Waals surface area contributed by atoms with E-state index in [4.69, 9.17) is 22.9 Å². The summed E-state index contributed by atoms with van der Waals surface area (Å²) < 4.78 is 0. The van der Waals surface area contributed by atoms with Crippen molar-refractivity contribution in [1.29, 1.82) is 0 Å². The fraction of sp³-hybridized carbons (Fsp3) is 0.600. The third kappa shape index (κ3) is 16.5. The molecule has 7 atom stereocenters. The first-order valence-corrected chi connectivity index (χ1v) is 18.4. The molecule has 0 radical (unpaired) electrons. The standard InChI is InChI=1S/C35H58N12O8/c1-4-19(2)27(32(53)46-26(33(54)55)18-21-11-13-22(48)14-12-21)47-31(52)25(10-7-17-42-35(38)39)44-28(49)20(3)43-30(51)24(9-6-16-41-34(36)37)45-29(50)23-8-5-15-40-23/h11-14,19-20,23-27,40,48H,4-10,15-18H2,1-3H3,(H,43,51)(H,44,49)(H,45,50)(H,46,53)(H,47,52)(H,54,55)(H4,36,37,41)(H4,38,39,42). The first-order valence-electron chi connectivity index (χ1n) is 18.4. The Morgan fingerprint density at radius 2 is 1.33 bits per heavy atom. The van der Waals surface area contributed by atoms with Gasteiger partial charge < -0.3 is 65.0 Å². The number of hydrogen-bond donors (Lipinski definition) is 12. The molecular weight excluding hydrogens is 716 g/mol. The molecule has 20 heteroatoms. The summed E-state index contributed by atoms with van der Waals surface area (Å²) in [5, 5.41) is 35.7. The second kappa shape index (κ2) is 23.2. The number of phenols is 1. The summed E-state index contributed by atoms with van der Waals surface area (Å²) in [5.74, 6) is -5.27. The Labute approximate surface area is 320 Å². The maximum absolute atomic E-state index is 13.8. The average Bonchev–Trinajstić information content (AvgIpc) is 3.68. The zero-order valence-electron chi connectivity index (χ0n) is 31.7. The van der Waals surface area contributed by atoms with E-state index < -0.39 is 71.8 Å². The van der Waals surface area contributed by atoms with Crippen LogP contribution in [-0.4, -0.2) is 114 Å². The van der Waals surface area contributed by atoms with Crippen LogP contribution in [-0.2, 0) is 35.2 Å². The van der Waals surface area contributed by atoms with E-state index >= 15 is 0 Å². The molecule has 20 nitrogen and oxygen atoms in total. The summed E-state index contributed by atoms with van der Waals surface area (Å²) in [6.07, 6.45) is 2.55. The molecule has 0 aromatic heterocycles. The van der Waals surface area contributed by atoms with E-state index in [9.17, 15) is 39.0 Å². The fourth-order valence-corrected chi connectivity index (χ4v) is 5.69. The molecule has 0 saturated carbocycles. The van der Waals surface area contributed by atoms with Crippen molar-refractivity contribution < 1.29 is 39.0 Å². The summed E-state index contributed by atoms with van der Waals surface area (Å²) in [7, 11) is 0. The number of aliphatic imine (C=N–C) groups is 2. The minimum atomic E-state index is -1.35. The van der Waals surface area contributed by atoms with Gasteiger partial charge in [0.2, 0.25) is 29.5 Å². The number of nitrogens with zero attached hydrogens (tertiary/aromatic N) is 2. The molecule has 1 aliphatic rings. The number of aliphatic carboxylic acids is 1. The van der Waals surface area contributed by atoms with Crippen molar-refractivity contribution in [2.75, 3.05) is 19.6 Å². The van der Waals surface area contributed by atoms with Gasteiger partial charge >= 0.3 is 5.97 Å². The SMILES string of the molecule is CCC(C)C(NC(=O)C(CCCN=C(N)N)NC(=O)C(C)NC(=O)C(CCCN=C(N)N)NC(=O)C1CCCN1)C(=O)NC(Cc1ccc(O)cc1)C(=O)O. The molecular formula is C35H58N12O8. The van der Waals surface area contributed by atoms with Crippen molar-refractivity contribution in [2.24, 2.45) is 38.8 Å². The smallest absolute Gasteiger partial charge is 0.326 e. The van der Waals surface area contributed by atoms with Crippen LogP contribution < -0.4 is 54.8 Å². The van der Waals surface area contributed by atoms with Crippen LogP contribution in [0.5, 0.6) is 5.75 Å². The van der Waals surface area contributed by atoms with Crippen molar-refractivity contribution in [1.82, 2.24) is 31.9 Å². The number of nitrogens with one attached hydrogen (secondary N) is 6. The minimum absolute atomic E-state index is 0.00284. The molecule has 306 valence electrons. The van der Waals surface area contributed by atoms with Gasteiger partial charge in [-0.25, -0.2) is 4.79 Å². The highest BCUT2D eigenvalue weighted by molar-refractivity contribution is 5.96. The summed E-state index contributed by atoms with van der Waals surface area (Å²) in [6.45, 7) is 5.92. The number of carbonyl (C=O) groups excluding carboxylic acids is 5. The molecule has 1 fully saturated rings. The molecule has 0 spiro atoms. The Balaban J connectivity index is 2.21. The average molecular weight is 775 g/mol. The molecule has 1 saturated heterocycles. The number of rotatable bonds is 23. The summed E-state index contributed by atoms with van der Waals surface area (Å²) >= 11 is 0. The molecule has 1 heterocycles. The Bertz CT molecular complexity index is 1510. The van der Waals surface area contributed by atoms with Gasteiger partial charge in [-0.2, -0.15) is 0 Å². The van der Waals surface area contributed by atoms with Crippen LogP contribution in [0, 0.1) is 5.92 Å². The van der Waals surface area contributed by atoms with Crippen molar-refractivity contribution in [2.45, 2.75) is 108 Å². The van der Waals surface area contributed by atoms with Crippen molar-refractivity contribution >= 4 is 47.4 Å². The molecule has 1 aromatic rings. The van der Waals surface area contributed by atoms with Gasteiger partial charge in [-0.05, 0) is 75.6 Å². The minimum Gasteiger partial charge on any atom is -0.508 e. The van der Waals surface area contributed by atoms with Gasteiger partial charge in [0.1, 0.15) is 36.0 Å². The highest BCUT2D eigenvalue weighted by Crippen LogP contribution is 2.14. The normalized spacial score (nSPS) is 16.8. The van der Waals surface area contributed by atoms with E-state index in [1.165, 1.54) is 31.2 Å². The van der Waals surface area contributed by atoms with Crippen molar-refractivity contribution in [3.05, 3.63) is 29.8 Å². The quantitative estimate of drug-likeness (QED) is 0.0308. The fourth-order valence-electron chi connectivity index (χ4n) is 5.69. The van der Waals surface area contributed by atoms with Crippen LogP contribution >= 0.6 is 0 Å². The highest BCUT2D eigenvalue weighted by Gasteiger charge is 2.34. The lowest BCUT2D eigenvalue weighted by Crippen LogP contribution is -2.59. The maximum Gasteiger partial charge on any atom is 0.326 e. The number of amides is 5. The molecule has 5 amide bonds. The maximum atomic E-state index is 13.8. The van der Waals surface area contributed by atoms with E-state index in [1.807, 2.05) is 0 Å². The van der Waals surface area contributed by atoms with Gasteiger partial charge in [-0.1, -0.05) is 32.4 Å². The molecule has 1 aliphatic heterocycles. The Hall–Kier alpha value is -5.66. The number of benzene rings is 1. The lowest BCUT2D eigenvalue weighted by Gasteiger charge is -2.28. The zero-order chi connectivity index (χ0) is 41.1. The second-order valence-corrected chi connectivity index (χ2v) is 13.5. The summed E-state index contributed by atoms with van der Waals surface area (Å²) in [4.78, 5) is 87.0. The predicted molar refractivity (Wildman–Crippen MR) is 205 cm³/mol. The van der Waals surface area contributed by atoms with Crippen molar-refractivity contribution in [3.8, 4) is 5.75 Å². The monoisotopic (exact) mass is 774 g/mol. The van der Waals surface area contributed by atoms with Gasteiger partial charge in [-0.3, -0.25) is 34.0 Å². The van der Waals surface area contributed by atoms with Crippen LogP contribution in [0.25, 0.3) is 0 Å². The third-order valence-electron chi connectivity index (χ3n) is 9.07.